The molecule has 10 nitrogen and oxygen atoms in total. The van der Waals surface area contributed by atoms with E-state index in [-0.39, 0.29) is 24.3 Å². The van der Waals surface area contributed by atoms with Crippen LogP contribution in [0.1, 0.15) is 49.3 Å². The first-order valence-corrected chi connectivity index (χ1v) is 13.6. The fourth-order valence-electron chi connectivity index (χ4n) is 5.39. The van der Waals surface area contributed by atoms with E-state index in [1.807, 2.05) is 30.3 Å². The Balaban J connectivity index is 1.69. The molecule has 1 aliphatic carbocycles. The van der Waals surface area contributed by atoms with Gasteiger partial charge in [0.2, 0.25) is 5.91 Å². The number of carbonyl (C=O) groups excluding carboxylic acids is 2. The Morgan fingerprint density at radius 2 is 1.62 bits per heavy atom. The minimum absolute atomic E-state index is 0.00536. The fourth-order valence-corrected chi connectivity index (χ4v) is 5.39. The van der Waals surface area contributed by atoms with Gasteiger partial charge in [0.25, 0.3) is 5.91 Å². The molecule has 0 bridgehead atoms. The number of amides is 2. The minimum atomic E-state index is -0.417. The van der Waals surface area contributed by atoms with Crippen molar-refractivity contribution in [2.45, 2.75) is 38.1 Å². The summed E-state index contributed by atoms with van der Waals surface area (Å²) in [4.78, 5) is 28.9. The van der Waals surface area contributed by atoms with Crippen molar-refractivity contribution in [1.82, 2.24) is 9.91 Å². The third-order valence-corrected chi connectivity index (χ3v) is 7.59. The number of nitrogens with zero attached hydrogens (tertiary/aromatic N) is 3. The highest BCUT2D eigenvalue weighted by molar-refractivity contribution is 6.05. The van der Waals surface area contributed by atoms with Crippen LogP contribution in [0.25, 0.3) is 0 Å². The van der Waals surface area contributed by atoms with Crippen molar-refractivity contribution in [2.75, 3.05) is 55.2 Å². The Hall–Kier alpha value is -3.79. The summed E-state index contributed by atoms with van der Waals surface area (Å²) in [7, 11) is 7.93. The SMILES string of the molecule is COCCN(CC(=O)N1N=C(c2ccc(OC)cc2OC)CC1c1ccc(OC)c(OC)c1)C(=O)C1CCCC1. The molecule has 1 heterocycles. The monoisotopic (exact) mass is 553 g/mol. The summed E-state index contributed by atoms with van der Waals surface area (Å²) in [5.41, 5.74) is 2.29. The molecule has 0 N–H and O–H groups in total. The second-order valence-corrected chi connectivity index (χ2v) is 9.92. The summed E-state index contributed by atoms with van der Waals surface area (Å²) in [6.45, 7) is 0.608. The van der Waals surface area contributed by atoms with Crippen LogP contribution in [0, 0.1) is 5.92 Å². The lowest BCUT2D eigenvalue weighted by atomic mass is 9.97. The lowest BCUT2D eigenvalue weighted by Gasteiger charge is -2.28. The van der Waals surface area contributed by atoms with Crippen molar-refractivity contribution < 1.29 is 33.3 Å². The molecule has 1 atom stereocenters. The lowest BCUT2D eigenvalue weighted by Crippen LogP contribution is -2.44. The molecule has 216 valence electrons. The van der Waals surface area contributed by atoms with Crippen molar-refractivity contribution >= 4 is 17.5 Å². The van der Waals surface area contributed by atoms with Gasteiger partial charge in [-0.1, -0.05) is 18.9 Å². The summed E-state index contributed by atoms with van der Waals surface area (Å²) < 4.78 is 27.2. The van der Waals surface area contributed by atoms with E-state index in [0.29, 0.717) is 48.3 Å². The van der Waals surface area contributed by atoms with Gasteiger partial charge in [0.1, 0.15) is 18.0 Å². The Morgan fingerprint density at radius 1 is 0.900 bits per heavy atom. The molecule has 4 rings (SSSR count). The largest absolute Gasteiger partial charge is 0.497 e. The number of ether oxygens (including phenoxy) is 5. The van der Waals surface area contributed by atoms with E-state index >= 15 is 0 Å². The average molecular weight is 554 g/mol. The second-order valence-electron chi connectivity index (χ2n) is 9.92. The van der Waals surface area contributed by atoms with E-state index in [0.717, 1.165) is 36.8 Å². The first kappa shape index (κ1) is 29.2. The van der Waals surface area contributed by atoms with Crippen LogP contribution in [0.15, 0.2) is 41.5 Å². The Labute approximate surface area is 235 Å². The summed E-state index contributed by atoms with van der Waals surface area (Å²) in [5, 5.41) is 6.29. The Morgan fingerprint density at radius 3 is 2.27 bits per heavy atom. The van der Waals surface area contributed by atoms with Crippen LogP contribution in [-0.2, 0) is 14.3 Å². The van der Waals surface area contributed by atoms with Crippen LogP contribution in [0.4, 0.5) is 0 Å². The number of hydrogen-bond donors (Lipinski definition) is 0. The molecule has 2 aromatic carbocycles. The van der Waals surface area contributed by atoms with E-state index in [9.17, 15) is 9.59 Å². The third kappa shape index (κ3) is 6.33. The van der Waals surface area contributed by atoms with Crippen LogP contribution >= 0.6 is 0 Å². The highest BCUT2D eigenvalue weighted by atomic mass is 16.5. The van der Waals surface area contributed by atoms with Crippen molar-refractivity contribution in [3.8, 4) is 23.0 Å². The maximum absolute atomic E-state index is 13.9. The molecule has 1 unspecified atom stereocenters. The second kappa shape index (κ2) is 13.5. The molecule has 2 aromatic rings. The van der Waals surface area contributed by atoms with Gasteiger partial charge in [-0.25, -0.2) is 5.01 Å². The van der Waals surface area contributed by atoms with Crippen LogP contribution in [0.5, 0.6) is 23.0 Å². The summed E-state index contributed by atoms with van der Waals surface area (Å²) >= 11 is 0. The fraction of sp³-hybridized carbons (Fsp3) is 0.500. The normalized spacial score (nSPS) is 17.0. The van der Waals surface area contributed by atoms with Gasteiger partial charge in [0.15, 0.2) is 11.5 Å². The molecule has 1 saturated carbocycles. The predicted octanol–water partition coefficient (Wildman–Crippen LogP) is 4.06. The van der Waals surface area contributed by atoms with E-state index in [1.165, 1.54) is 5.01 Å². The van der Waals surface area contributed by atoms with Gasteiger partial charge in [-0.05, 0) is 42.7 Å². The highest BCUT2D eigenvalue weighted by Gasteiger charge is 2.37. The number of hydrazone groups is 1. The average Bonchev–Trinajstić information content (AvgIpc) is 3.69. The topological polar surface area (TPSA) is 99.1 Å². The van der Waals surface area contributed by atoms with Crippen molar-refractivity contribution in [3.05, 3.63) is 47.5 Å². The minimum Gasteiger partial charge on any atom is -0.497 e. The smallest absolute Gasteiger partial charge is 0.262 e. The molecule has 1 fully saturated rings. The quantitative estimate of drug-likeness (QED) is 0.391. The number of benzene rings is 2. The third-order valence-electron chi connectivity index (χ3n) is 7.59. The summed E-state index contributed by atoms with van der Waals surface area (Å²) in [6, 6.07) is 10.7. The molecule has 2 amide bonds. The molecular weight excluding hydrogens is 514 g/mol. The number of carbonyl (C=O) groups is 2. The lowest BCUT2D eigenvalue weighted by molar-refractivity contribution is -0.144. The van der Waals surface area contributed by atoms with Crippen LogP contribution in [0.2, 0.25) is 0 Å². The van der Waals surface area contributed by atoms with Crippen LogP contribution in [-0.4, -0.2) is 82.7 Å². The van der Waals surface area contributed by atoms with Gasteiger partial charge < -0.3 is 28.6 Å². The molecule has 0 radical (unpaired) electrons. The van der Waals surface area contributed by atoms with Gasteiger partial charge in [-0.2, -0.15) is 5.10 Å². The maximum Gasteiger partial charge on any atom is 0.262 e. The molecular formula is C30H39N3O7. The van der Waals surface area contributed by atoms with Gasteiger partial charge in [-0.3, -0.25) is 9.59 Å². The van der Waals surface area contributed by atoms with Crippen molar-refractivity contribution in [3.63, 3.8) is 0 Å². The molecule has 2 aliphatic rings. The predicted molar refractivity (Wildman–Crippen MR) is 150 cm³/mol. The van der Waals surface area contributed by atoms with E-state index < -0.39 is 6.04 Å². The van der Waals surface area contributed by atoms with Crippen LogP contribution < -0.4 is 18.9 Å². The van der Waals surface area contributed by atoms with E-state index in [1.54, 1.807) is 46.5 Å². The standard InChI is InChI=1S/C30H39N3O7/c1-36-15-14-32(30(35)20-8-6-7-9-20)19-29(34)33-25(21-10-13-26(38-3)28(16-21)40-5)18-24(31-33)23-12-11-22(37-2)17-27(23)39-4/h10-13,16-17,20,25H,6-9,14-15,18-19H2,1-5H3. The first-order chi connectivity index (χ1) is 19.4. The maximum atomic E-state index is 13.9. The van der Waals surface area contributed by atoms with Gasteiger partial charge in [-0.15, -0.1) is 0 Å². The highest BCUT2D eigenvalue weighted by Crippen LogP contribution is 2.39. The van der Waals surface area contributed by atoms with E-state index in [4.69, 9.17) is 28.8 Å². The molecule has 10 heteroatoms. The van der Waals surface area contributed by atoms with Gasteiger partial charge in [0.05, 0.1) is 46.8 Å². The van der Waals surface area contributed by atoms with Crippen LogP contribution in [0.3, 0.4) is 0 Å². The molecule has 40 heavy (non-hydrogen) atoms. The number of rotatable bonds is 12. The molecule has 0 saturated heterocycles. The zero-order chi connectivity index (χ0) is 28.6. The molecule has 1 aliphatic heterocycles. The van der Waals surface area contributed by atoms with Gasteiger partial charge >= 0.3 is 0 Å². The Kier molecular flexibility index (Phi) is 9.87. The summed E-state index contributed by atoms with van der Waals surface area (Å²) in [6.07, 6.45) is 4.22. The van der Waals surface area contributed by atoms with E-state index in [2.05, 4.69) is 0 Å². The molecule has 0 spiro atoms. The first-order valence-electron chi connectivity index (χ1n) is 13.6. The molecule has 0 aromatic heterocycles. The van der Waals surface area contributed by atoms with Gasteiger partial charge in [0, 0.05) is 37.6 Å². The summed E-state index contributed by atoms with van der Waals surface area (Å²) in [5.74, 6) is 2.08. The zero-order valence-corrected chi connectivity index (χ0v) is 24.0. The van der Waals surface area contributed by atoms with Crippen molar-refractivity contribution in [2.24, 2.45) is 11.0 Å². The Bertz CT molecular complexity index is 1230. The zero-order valence-electron chi connectivity index (χ0n) is 24.0. The number of hydrogen-bond acceptors (Lipinski definition) is 8. The van der Waals surface area contributed by atoms with Crippen molar-refractivity contribution in [1.29, 1.82) is 0 Å². The number of methoxy groups -OCH3 is 5.